The number of hydrogen-bond acceptors (Lipinski definition) is 5. The average Bonchev–Trinajstić information content (AvgIpc) is 2.73. The van der Waals surface area contributed by atoms with E-state index >= 15 is 0 Å². The number of piperidine rings is 2. The molecule has 2 fully saturated rings. The number of likely N-dealkylation sites (tertiary alicyclic amines) is 1. The van der Waals surface area contributed by atoms with Crippen molar-refractivity contribution < 1.29 is 22.3 Å². The van der Waals surface area contributed by atoms with E-state index in [1.807, 2.05) is 0 Å². The molecule has 0 bridgehead atoms. The van der Waals surface area contributed by atoms with E-state index < -0.39 is 21.3 Å². The van der Waals surface area contributed by atoms with Crippen molar-refractivity contribution in [1.29, 1.82) is 0 Å². The topological polar surface area (TPSA) is 92.9 Å². The van der Waals surface area contributed by atoms with Gasteiger partial charge < -0.3 is 10.5 Å². The molecule has 2 N–H and O–H groups in total. The molecule has 0 aromatic heterocycles. The molecule has 1 unspecified atom stereocenters. The highest BCUT2D eigenvalue weighted by atomic mass is 32.2. The van der Waals surface area contributed by atoms with Gasteiger partial charge in [0.1, 0.15) is 5.82 Å². The Bertz CT molecular complexity index is 810. The average molecular weight is 428 g/mol. The van der Waals surface area contributed by atoms with E-state index in [0.717, 1.165) is 31.5 Å². The van der Waals surface area contributed by atoms with Gasteiger partial charge in [0.15, 0.2) is 0 Å². The fraction of sp³-hybridized carbons (Fsp3) is 0.650. The van der Waals surface area contributed by atoms with Gasteiger partial charge in [-0.25, -0.2) is 12.8 Å². The number of nitrogens with zero attached hydrogens (tertiary/aromatic N) is 2. The minimum absolute atomic E-state index is 0.114. The Morgan fingerprint density at radius 1 is 1.24 bits per heavy atom. The van der Waals surface area contributed by atoms with Crippen LogP contribution in [0.5, 0.6) is 0 Å². The highest BCUT2D eigenvalue weighted by Gasteiger charge is 2.43. The maximum Gasteiger partial charge on any atom is 0.243 e. The first kappa shape index (κ1) is 22.1. The van der Waals surface area contributed by atoms with Gasteiger partial charge in [-0.3, -0.25) is 9.69 Å². The molecule has 3 rings (SSSR count). The number of hydrogen-bond donors (Lipinski definition) is 1. The summed E-state index contributed by atoms with van der Waals surface area (Å²) in [6, 6.07) is 5.15. The fourth-order valence-corrected chi connectivity index (χ4v) is 5.98. The zero-order valence-corrected chi connectivity index (χ0v) is 17.7. The molecule has 162 valence electrons. The van der Waals surface area contributed by atoms with Gasteiger partial charge in [-0.15, -0.1) is 0 Å². The molecule has 2 aliphatic rings. The molecule has 1 amide bonds. The molecule has 7 nitrogen and oxygen atoms in total. The van der Waals surface area contributed by atoms with E-state index in [1.54, 1.807) is 7.11 Å². The summed E-state index contributed by atoms with van der Waals surface area (Å²) >= 11 is 0. The molecule has 1 aromatic carbocycles. The predicted molar refractivity (Wildman–Crippen MR) is 107 cm³/mol. The summed E-state index contributed by atoms with van der Waals surface area (Å²) in [5, 5.41) is 0. The second kappa shape index (κ2) is 9.07. The molecule has 9 heteroatoms. The maximum atomic E-state index is 13.1. The Morgan fingerprint density at radius 3 is 2.48 bits per heavy atom. The molecule has 2 aliphatic heterocycles. The Morgan fingerprint density at radius 2 is 1.90 bits per heavy atom. The summed E-state index contributed by atoms with van der Waals surface area (Å²) in [6.07, 6.45) is 3.65. The van der Waals surface area contributed by atoms with Crippen molar-refractivity contribution in [1.82, 2.24) is 9.21 Å². The number of halogens is 1. The van der Waals surface area contributed by atoms with Crippen LogP contribution in [0.25, 0.3) is 0 Å². The Balaban J connectivity index is 1.64. The van der Waals surface area contributed by atoms with E-state index in [2.05, 4.69) is 4.90 Å². The quantitative estimate of drug-likeness (QED) is 0.713. The first-order valence-electron chi connectivity index (χ1n) is 10.1. The highest BCUT2D eigenvalue weighted by molar-refractivity contribution is 7.89. The van der Waals surface area contributed by atoms with Crippen molar-refractivity contribution >= 4 is 15.9 Å². The Hall–Kier alpha value is -1.55. The van der Waals surface area contributed by atoms with E-state index in [1.165, 1.54) is 16.4 Å². The molecular weight excluding hydrogens is 397 g/mol. The van der Waals surface area contributed by atoms with Crippen molar-refractivity contribution in [2.75, 3.05) is 39.9 Å². The molecule has 1 atom stereocenters. The normalized spacial score (nSPS) is 25.2. The van der Waals surface area contributed by atoms with Crippen LogP contribution < -0.4 is 5.73 Å². The summed E-state index contributed by atoms with van der Waals surface area (Å²) in [6.45, 7) is 2.79. The molecule has 2 heterocycles. The van der Waals surface area contributed by atoms with Crippen molar-refractivity contribution in [3.63, 3.8) is 0 Å². The van der Waals surface area contributed by atoms with Crippen LogP contribution in [-0.2, 0) is 19.6 Å². The summed E-state index contributed by atoms with van der Waals surface area (Å²) in [7, 11) is -2.01. The molecule has 0 aliphatic carbocycles. The Kier molecular flexibility index (Phi) is 6.93. The SMILES string of the molecule is COCCC1(C(N)=O)CCCN(C2CCN(S(=O)(=O)c3ccc(F)cc3)CC2)C1. The van der Waals surface area contributed by atoms with Crippen molar-refractivity contribution in [2.45, 2.75) is 43.0 Å². The number of primary amides is 1. The molecule has 0 saturated carbocycles. The maximum absolute atomic E-state index is 13.1. The number of ether oxygens (including phenoxy) is 1. The number of benzene rings is 1. The van der Waals surface area contributed by atoms with Crippen LogP contribution in [0.1, 0.15) is 32.1 Å². The lowest BCUT2D eigenvalue weighted by Crippen LogP contribution is -2.56. The van der Waals surface area contributed by atoms with Gasteiger partial charge in [-0.2, -0.15) is 4.31 Å². The molecule has 0 spiro atoms. The third-order valence-electron chi connectivity index (χ3n) is 6.31. The van der Waals surface area contributed by atoms with Crippen molar-refractivity contribution in [3.8, 4) is 0 Å². The fourth-order valence-electron chi connectivity index (χ4n) is 4.51. The van der Waals surface area contributed by atoms with Gasteiger partial charge >= 0.3 is 0 Å². The third kappa shape index (κ3) is 4.79. The summed E-state index contributed by atoms with van der Waals surface area (Å²) in [5.74, 6) is -0.741. The van der Waals surface area contributed by atoms with Gasteiger partial charge in [-0.05, 0) is 62.9 Å². The van der Waals surface area contributed by atoms with Crippen LogP contribution in [0.3, 0.4) is 0 Å². The number of nitrogens with two attached hydrogens (primary N) is 1. The third-order valence-corrected chi connectivity index (χ3v) is 8.22. The number of carbonyl (C=O) groups is 1. The standard InChI is InChI=1S/C20H30FN3O4S/c1-28-14-10-20(19(22)25)9-2-11-23(15-20)17-7-12-24(13-8-17)29(26,27)18-5-3-16(21)4-6-18/h3-6,17H,2,7-15H2,1H3,(H2,22,25). The second-order valence-electron chi connectivity index (χ2n) is 8.05. The number of amides is 1. The lowest BCUT2D eigenvalue weighted by Gasteiger charge is -2.46. The van der Waals surface area contributed by atoms with Crippen LogP contribution in [0.15, 0.2) is 29.2 Å². The largest absolute Gasteiger partial charge is 0.385 e. The highest BCUT2D eigenvalue weighted by Crippen LogP contribution is 2.36. The zero-order chi connectivity index (χ0) is 21.1. The predicted octanol–water partition coefficient (Wildman–Crippen LogP) is 1.58. The molecular formula is C20H30FN3O4S. The molecule has 0 radical (unpaired) electrons. The lowest BCUT2D eigenvalue weighted by molar-refractivity contribution is -0.133. The van der Waals surface area contributed by atoms with Gasteiger partial charge in [0.2, 0.25) is 15.9 Å². The smallest absolute Gasteiger partial charge is 0.243 e. The first-order valence-corrected chi connectivity index (χ1v) is 11.5. The first-order chi connectivity index (χ1) is 13.8. The molecule has 29 heavy (non-hydrogen) atoms. The number of sulfonamides is 1. The zero-order valence-electron chi connectivity index (χ0n) is 16.8. The van der Waals surface area contributed by atoms with Crippen LogP contribution in [0.4, 0.5) is 4.39 Å². The van der Waals surface area contributed by atoms with Crippen LogP contribution in [0.2, 0.25) is 0 Å². The summed E-state index contributed by atoms with van der Waals surface area (Å²) in [4.78, 5) is 14.6. The minimum atomic E-state index is -3.62. The number of methoxy groups -OCH3 is 1. The van der Waals surface area contributed by atoms with Gasteiger partial charge in [0, 0.05) is 39.4 Å². The van der Waals surface area contributed by atoms with E-state index in [0.29, 0.717) is 45.5 Å². The van der Waals surface area contributed by atoms with Crippen LogP contribution >= 0.6 is 0 Å². The van der Waals surface area contributed by atoms with Gasteiger partial charge in [0.25, 0.3) is 0 Å². The monoisotopic (exact) mass is 427 g/mol. The lowest BCUT2D eigenvalue weighted by atomic mass is 9.76. The van der Waals surface area contributed by atoms with E-state index in [9.17, 15) is 17.6 Å². The van der Waals surface area contributed by atoms with Crippen LogP contribution in [-0.4, -0.2) is 69.5 Å². The number of rotatable bonds is 7. The molecule has 1 aromatic rings. The van der Waals surface area contributed by atoms with Crippen molar-refractivity contribution in [3.05, 3.63) is 30.1 Å². The minimum Gasteiger partial charge on any atom is -0.385 e. The molecule has 2 saturated heterocycles. The van der Waals surface area contributed by atoms with E-state index in [-0.39, 0.29) is 16.8 Å². The van der Waals surface area contributed by atoms with Gasteiger partial charge in [-0.1, -0.05) is 0 Å². The second-order valence-corrected chi connectivity index (χ2v) is 9.99. The van der Waals surface area contributed by atoms with Gasteiger partial charge in [0.05, 0.1) is 10.3 Å². The van der Waals surface area contributed by atoms with Crippen LogP contribution in [0, 0.1) is 11.2 Å². The van der Waals surface area contributed by atoms with E-state index in [4.69, 9.17) is 10.5 Å². The van der Waals surface area contributed by atoms with Crippen molar-refractivity contribution in [2.24, 2.45) is 11.1 Å². The number of carbonyl (C=O) groups excluding carboxylic acids is 1. The summed E-state index contributed by atoms with van der Waals surface area (Å²) in [5.41, 5.74) is 5.18. The Labute approximate surface area is 172 Å². The summed E-state index contributed by atoms with van der Waals surface area (Å²) < 4.78 is 45.4.